The lowest BCUT2D eigenvalue weighted by molar-refractivity contribution is 0.252. The van der Waals surface area contributed by atoms with E-state index in [4.69, 9.17) is 0 Å². The lowest BCUT2D eigenvalue weighted by Gasteiger charge is -2.09. The first-order valence-corrected chi connectivity index (χ1v) is 9.45. The van der Waals surface area contributed by atoms with E-state index in [2.05, 4.69) is 20.3 Å². The first kappa shape index (κ1) is 17.2. The summed E-state index contributed by atoms with van der Waals surface area (Å²) in [6.07, 6.45) is 3.43. The second-order valence-electron chi connectivity index (χ2n) is 4.70. The van der Waals surface area contributed by atoms with Crippen LogP contribution in [0.25, 0.3) is 0 Å². The Morgan fingerprint density at radius 2 is 2.00 bits per heavy atom. The maximum absolute atomic E-state index is 12.2. The minimum Gasteiger partial charge on any atom is -0.338 e. The summed E-state index contributed by atoms with van der Waals surface area (Å²) in [5.41, 5.74) is 0.521. The number of nitrogens with zero attached hydrogens (tertiary/aromatic N) is 1. The molecule has 9 heteroatoms. The van der Waals surface area contributed by atoms with E-state index in [1.807, 2.05) is 6.92 Å². The van der Waals surface area contributed by atoms with Crippen LogP contribution in [0.1, 0.15) is 19.8 Å². The van der Waals surface area contributed by atoms with E-state index in [1.54, 1.807) is 5.38 Å². The molecule has 1 aromatic carbocycles. The van der Waals surface area contributed by atoms with Crippen LogP contribution in [0.5, 0.6) is 0 Å². The number of carbonyl (C=O) groups is 1. The fourth-order valence-corrected chi connectivity index (χ4v) is 3.51. The van der Waals surface area contributed by atoms with E-state index >= 15 is 0 Å². The number of anilines is 2. The molecule has 0 atom stereocenters. The summed E-state index contributed by atoms with van der Waals surface area (Å²) in [5.74, 6) is 0. The number of urea groups is 1. The number of amides is 2. The predicted molar refractivity (Wildman–Crippen MR) is 91.3 cm³/mol. The summed E-state index contributed by atoms with van der Waals surface area (Å²) < 4.78 is 26.7. The molecule has 0 aliphatic rings. The third kappa shape index (κ3) is 5.22. The number of sulfonamides is 1. The number of hydrogen-bond donors (Lipinski definition) is 3. The van der Waals surface area contributed by atoms with Gasteiger partial charge in [-0.2, -0.15) is 0 Å². The highest BCUT2D eigenvalue weighted by Gasteiger charge is 2.15. The van der Waals surface area contributed by atoms with Crippen LogP contribution in [-0.4, -0.2) is 26.0 Å². The molecule has 1 aromatic heterocycles. The van der Waals surface area contributed by atoms with E-state index < -0.39 is 10.0 Å². The second-order valence-corrected chi connectivity index (χ2v) is 7.28. The molecule has 0 saturated heterocycles. The molecule has 0 fully saturated rings. The number of hydrogen-bond acceptors (Lipinski definition) is 5. The Labute approximate surface area is 139 Å². The van der Waals surface area contributed by atoms with Gasteiger partial charge < -0.3 is 10.6 Å². The van der Waals surface area contributed by atoms with Gasteiger partial charge >= 0.3 is 6.03 Å². The van der Waals surface area contributed by atoms with Gasteiger partial charge in [0, 0.05) is 23.8 Å². The lowest BCUT2D eigenvalue weighted by atomic mass is 10.3. The van der Waals surface area contributed by atoms with Crippen molar-refractivity contribution in [3.8, 4) is 0 Å². The van der Waals surface area contributed by atoms with Crippen molar-refractivity contribution in [3.63, 3.8) is 0 Å². The zero-order chi connectivity index (χ0) is 16.7. The minimum absolute atomic E-state index is 0.102. The Balaban J connectivity index is 1.97. The van der Waals surface area contributed by atoms with Crippen LogP contribution in [0.2, 0.25) is 0 Å². The fourth-order valence-electron chi connectivity index (χ4n) is 1.72. The Morgan fingerprint density at radius 1 is 1.26 bits per heavy atom. The molecular weight excluding hydrogens is 336 g/mol. The smallest absolute Gasteiger partial charge is 0.319 e. The van der Waals surface area contributed by atoms with Crippen LogP contribution in [0, 0.1) is 0 Å². The molecule has 0 spiro atoms. The fraction of sp³-hybridized carbons (Fsp3) is 0.286. The molecule has 0 unspecified atom stereocenters. The van der Waals surface area contributed by atoms with Crippen molar-refractivity contribution < 1.29 is 13.2 Å². The highest BCUT2D eigenvalue weighted by molar-refractivity contribution is 7.93. The summed E-state index contributed by atoms with van der Waals surface area (Å²) in [6, 6.07) is 5.62. The van der Waals surface area contributed by atoms with Crippen molar-refractivity contribution >= 4 is 38.2 Å². The molecule has 23 heavy (non-hydrogen) atoms. The molecule has 0 aliphatic carbocycles. The maximum atomic E-state index is 12.2. The van der Waals surface area contributed by atoms with Crippen molar-refractivity contribution in [2.75, 3.05) is 16.6 Å². The number of benzene rings is 1. The maximum Gasteiger partial charge on any atom is 0.319 e. The number of unbranched alkanes of at least 4 members (excludes halogenated alkanes) is 1. The molecule has 2 rings (SSSR count). The summed E-state index contributed by atoms with van der Waals surface area (Å²) in [7, 11) is -3.68. The normalized spacial score (nSPS) is 11.0. The van der Waals surface area contributed by atoms with E-state index in [0.717, 1.165) is 12.8 Å². The third-order valence-electron chi connectivity index (χ3n) is 2.89. The van der Waals surface area contributed by atoms with E-state index in [9.17, 15) is 13.2 Å². The van der Waals surface area contributed by atoms with Crippen molar-refractivity contribution in [2.45, 2.75) is 24.7 Å². The minimum atomic E-state index is -3.68. The third-order valence-corrected chi connectivity index (χ3v) is 5.06. The Bertz CT molecular complexity index is 728. The summed E-state index contributed by atoms with van der Waals surface area (Å²) >= 11 is 1.20. The predicted octanol–water partition coefficient (Wildman–Crippen LogP) is 2.87. The van der Waals surface area contributed by atoms with Gasteiger partial charge in [0.25, 0.3) is 10.0 Å². The van der Waals surface area contributed by atoms with Crippen LogP contribution >= 0.6 is 11.3 Å². The Morgan fingerprint density at radius 3 is 2.61 bits per heavy atom. The molecule has 0 radical (unpaired) electrons. The first-order valence-electron chi connectivity index (χ1n) is 7.08. The van der Waals surface area contributed by atoms with Crippen molar-refractivity contribution in [2.24, 2.45) is 0 Å². The van der Waals surface area contributed by atoms with Crippen molar-refractivity contribution in [3.05, 3.63) is 35.8 Å². The molecule has 1 heterocycles. The molecule has 124 valence electrons. The molecule has 2 amide bonds. The van der Waals surface area contributed by atoms with Crippen LogP contribution in [0.15, 0.2) is 40.7 Å². The molecule has 3 N–H and O–H groups in total. The molecular formula is C14H18N4O3S2. The lowest BCUT2D eigenvalue weighted by Crippen LogP contribution is -2.29. The van der Waals surface area contributed by atoms with E-state index in [1.165, 1.54) is 41.8 Å². The van der Waals surface area contributed by atoms with Gasteiger partial charge in [0.15, 0.2) is 5.13 Å². The van der Waals surface area contributed by atoms with Crippen molar-refractivity contribution in [1.29, 1.82) is 0 Å². The van der Waals surface area contributed by atoms with Crippen LogP contribution in [-0.2, 0) is 10.0 Å². The van der Waals surface area contributed by atoms with Gasteiger partial charge in [-0.25, -0.2) is 18.2 Å². The highest BCUT2D eigenvalue weighted by atomic mass is 32.2. The average molecular weight is 354 g/mol. The molecule has 2 aromatic rings. The Kier molecular flexibility index (Phi) is 5.94. The number of aromatic nitrogens is 1. The van der Waals surface area contributed by atoms with Crippen LogP contribution < -0.4 is 15.4 Å². The SMILES string of the molecule is CCCCNC(=O)Nc1ccc(S(=O)(=O)Nc2nccs2)cc1. The standard InChI is InChI=1S/C14H18N4O3S2/c1-2-3-8-15-13(19)17-11-4-6-12(7-5-11)23(20,21)18-14-16-9-10-22-14/h4-7,9-10H,2-3,8H2,1H3,(H,16,18)(H2,15,17,19). The summed E-state index contributed by atoms with van der Waals surface area (Å²) in [6.45, 7) is 2.64. The van der Waals surface area contributed by atoms with Gasteiger partial charge in [0.05, 0.1) is 4.90 Å². The van der Waals surface area contributed by atoms with E-state index in [0.29, 0.717) is 17.4 Å². The number of carbonyl (C=O) groups excluding carboxylic acids is 1. The zero-order valence-corrected chi connectivity index (χ0v) is 14.2. The first-order chi connectivity index (χ1) is 11.0. The van der Waals surface area contributed by atoms with Gasteiger partial charge in [0.1, 0.15) is 0 Å². The van der Waals surface area contributed by atoms with E-state index in [-0.39, 0.29) is 10.9 Å². The second kappa shape index (κ2) is 7.93. The van der Waals surface area contributed by atoms with Gasteiger partial charge in [0.2, 0.25) is 0 Å². The average Bonchev–Trinajstić information content (AvgIpc) is 3.00. The van der Waals surface area contributed by atoms with Crippen LogP contribution in [0.4, 0.5) is 15.6 Å². The largest absolute Gasteiger partial charge is 0.338 e. The number of nitrogens with one attached hydrogen (secondary N) is 3. The molecule has 0 aliphatic heterocycles. The van der Waals surface area contributed by atoms with Gasteiger partial charge in [-0.05, 0) is 30.7 Å². The summed E-state index contributed by atoms with van der Waals surface area (Å²) in [5, 5.41) is 7.36. The van der Waals surface area contributed by atoms with Crippen molar-refractivity contribution in [1.82, 2.24) is 10.3 Å². The summed E-state index contributed by atoms with van der Waals surface area (Å²) in [4.78, 5) is 15.6. The van der Waals surface area contributed by atoms with Gasteiger partial charge in [-0.3, -0.25) is 4.72 Å². The molecule has 7 nitrogen and oxygen atoms in total. The molecule has 0 saturated carbocycles. The zero-order valence-electron chi connectivity index (χ0n) is 12.6. The number of rotatable bonds is 7. The number of thiazole rings is 1. The molecule has 0 bridgehead atoms. The van der Waals surface area contributed by atoms with Gasteiger partial charge in [-0.15, -0.1) is 11.3 Å². The van der Waals surface area contributed by atoms with Crippen LogP contribution in [0.3, 0.4) is 0 Å². The Hall–Kier alpha value is -2.13. The monoisotopic (exact) mass is 354 g/mol. The highest BCUT2D eigenvalue weighted by Crippen LogP contribution is 2.19. The topological polar surface area (TPSA) is 100 Å². The van der Waals surface area contributed by atoms with Gasteiger partial charge in [-0.1, -0.05) is 13.3 Å². The quantitative estimate of drug-likeness (QED) is 0.666.